The molecule has 5 rings (SSSR count). The second-order valence-electron chi connectivity index (χ2n) is 13.9. The molecule has 1 aliphatic heterocycles. The summed E-state index contributed by atoms with van der Waals surface area (Å²) in [5.74, 6) is 0.386. The SMILES string of the molecule is CC(C)n1c(=O)n(CC2CC2)c(=O)c2cc(NC(=O)N3CCCC(CC(=O)c4ccc(CNC(=O)OC(C)(C)C)cc4)C3)ccc21. The van der Waals surface area contributed by atoms with E-state index >= 15 is 0 Å². The summed E-state index contributed by atoms with van der Waals surface area (Å²) in [5.41, 5.74) is 1.28. The zero-order chi connectivity index (χ0) is 33.2. The lowest BCUT2D eigenvalue weighted by atomic mass is 9.91. The Bertz CT molecular complexity index is 1730. The Morgan fingerprint density at radius 1 is 0.978 bits per heavy atom. The first-order chi connectivity index (χ1) is 21.8. The van der Waals surface area contributed by atoms with Crippen LogP contribution in [0.5, 0.6) is 0 Å². The number of amides is 3. The molecule has 2 N–H and O–H groups in total. The minimum Gasteiger partial charge on any atom is -0.444 e. The summed E-state index contributed by atoms with van der Waals surface area (Å²) in [6, 6.07) is 11.9. The monoisotopic (exact) mass is 631 g/mol. The molecule has 2 fully saturated rings. The summed E-state index contributed by atoms with van der Waals surface area (Å²) < 4.78 is 8.24. The number of benzene rings is 2. The first kappa shape index (κ1) is 33.0. The molecule has 246 valence electrons. The van der Waals surface area contributed by atoms with Gasteiger partial charge < -0.3 is 20.3 Å². The average molecular weight is 632 g/mol. The van der Waals surface area contributed by atoms with Gasteiger partial charge in [0.2, 0.25) is 0 Å². The summed E-state index contributed by atoms with van der Waals surface area (Å²) in [6.45, 7) is 11.0. The topological polar surface area (TPSA) is 132 Å². The van der Waals surface area contributed by atoms with Crippen LogP contribution in [0.25, 0.3) is 10.9 Å². The minimum absolute atomic E-state index is 0.00659. The van der Waals surface area contributed by atoms with Crippen LogP contribution in [0.15, 0.2) is 52.1 Å². The molecule has 0 radical (unpaired) electrons. The summed E-state index contributed by atoms with van der Waals surface area (Å²) in [7, 11) is 0. The van der Waals surface area contributed by atoms with Gasteiger partial charge in [-0.1, -0.05) is 24.3 Å². The Kier molecular flexibility index (Phi) is 9.69. The van der Waals surface area contributed by atoms with Gasteiger partial charge in [0.25, 0.3) is 5.56 Å². The Morgan fingerprint density at radius 3 is 2.35 bits per heavy atom. The van der Waals surface area contributed by atoms with E-state index in [0.29, 0.717) is 60.7 Å². The maximum atomic E-state index is 13.4. The Hall–Kier alpha value is -4.41. The fourth-order valence-corrected chi connectivity index (χ4v) is 5.97. The van der Waals surface area contributed by atoms with Crippen LogP contribution in [0.2, 0.25) is 0 Å². The second kappa shape index (κ2) is 13.5. The Balaban J connectivity index is 1.20. The number of nitrogens with zero attached hydrogens (tertiary/aromatic N) is 3. The van der Waals surface area contributed by atoms with Gasteiger partial charge in [0.15, 0.2) is 5.78 Å². The van der Waals surface area contributed by atoms with Gasteiger partial charge in [0, 0.05) is 49.9 Å². The third-order valence-corrected chi connectivity index (χ3v) is 8.47. The largest absolute Gasteiger partial charge is 0.444 e. The van der Waals surface area contributed by atoms with Crippen LogP contribution in [0.1, 0.15) is 88.7 Å². The van der Waals surface area contributed by atoms with Gasteiger partial charge in [0.1, 0.15) is 5.60 Å². The fraction of sp³-hybridized carbons (Fsp3) is 0.514. The van der Waals surface area contributed by atoms with E-state index in [1.54, 1.807) is 60.6 Å². The van der Waals surface area contributed by atoms with Crippen molar-refractivity contribution in [3.63, 3.8) is 0 Å². The second-order valence-corrected chi connectivity index (χ2v) is 13.9. The lowest BCUT2D eigenvalue weighted by Gasteiger charge is -2.32. The molecule has 11 nitrogen and oxygen atoms in total. The van der Waals surface area contributed by atoms with Gasteiger partial charge in [-0.2, -0.15) is 0 Å². The third kappa shape index (κ3) is 8.05. The van der Waals surface area contributed by atoms with Crippen LogP contribution in [-0.4, -0.2) is 50.6 Å². The number of hydrogen-bond donors (Lipinski definition) is 2. The summed E-state index contributed by atoms with van der Waals surface area (Å²) >= 11 is 0. The highest BCUT2D eigenvalue weighted by atomic mass is 16.6. The van der Waals surface area contributed by atoms with Crippen LogP contribution in [0.3, 0.4) is 0 Å². The number of Topliss-reactive ketones (excluding diaryl/α,β-unsaturated/α-hetero) is 1. The minimum atomic E-state index is -0.576. The molecule has 11 heteroatoms. The van der Waals surface area contributed by atoms with E-state index in [1.807, 2.05) is 26.0 Å². The van der Waals surface area contributed by atoms with Crippen LogP contribution in [0.4, 0.5) is 15.3 Å². The number of carbonyl (C=O) groups excluding carboxylic acids is 3. The van der Waals surface area contributed by atoms with Gasteiger partial charge in [-0.25, -0.2) is 14.4 Å². The van der Waals surface area contributed by atoms with Gasteiger partial charge in [-0.15, -0.1) is 0 Å². The number of piperidine rings is 1. The maximum absolute atomic E-state index is 13.4. The Labute approximate surface area is 268 Å². The number of fused-ring (bicyclic) bond motifs is 1. The molecule has 3 aromatic rings. The van der Waals surface area contributed by atoms with Crippen molar-refractivity contribution < 1.29 is 19.1 Å². The summed E-state index contributed by atoms with van der Waals surface area (Å²) in [4.78, 5) is 66.6. The number of urea groups is 1. The van der Waals surface area contributed by atoms with Crippen molar-refractivity contribution >= 4 is 34.5 Å². The molecular weight excluding hydrogens is 586 g/mol. The van der Waals surface area contributed by atoms with Crippen LogP contribution >= 0.6 is 0 Å². The fourth-order valence-electron chi connectivity index (χ4n) is 5.97. The zero-order valence-corrected chi connectivity index (χ0v) is 27.4. The Morgan fingerprint density at radius 2 is 1.70 bits per heavy atom. The smallest absolute Gasteiger partial charge is 0.407 e. The highest BCUT2D eigenvalue weighted by Gasteiger charge is 2.27. The number of hydrogen-bond acceptors (Lipinski definition) is 6. The predicted molar refractivity (Wildman–Crippen MR) is 177 cm³/mol. The highest BCUT2D eigenvalue weighted by molar-refractivity contribution is 5.96. The average Bonchev–Trinajstić information content (AvgIpc) is 3.82. The van der Waals surface area contributed by atoms with Gasteiger partial charge in [-0.05, 0) is 95.9 Å². The molecule has 0 spiro atoms. The van der Waals surface area contributed by atoms with Gasteiger partial charge in [0.05, 0.1) is 10.9 Å². The molecule has 1 aliphatic carbocycles. The van der Waals surface area contributed by atoms with Crippen molar-refractivity contribution in [3.8, 4) is 0 Å². The van der Waals surface area contributed by atoms with Crippen LogP contribution in [0, 0.1) is 11.8 Å². The maximum Gasteiger partial charge on any atom is 0.407 e. The van der Waals surface area contributed by atoms with E-state index in [0.717, 1.165) is 31.2 Å². The van der Waals surface area contributed by atoms with E-state index in [-0.39, 0.29) is 35.0 Å². The molecular formula is C35H45N5O6. The number of nitrogens with one attached hydrogen (secondary N) is 2. The molecule has 2 aromatic carbocycles. The van der Waals surface area contributed by atoms with Gasteiger partial charge in [-0.3, -0.25) is 18.7 Å². The molecule has 2 heterocycles. The van der Waals surface area contributed by atoms with Gasteiger partial charge >= 0.3 is 17.8 Å². The third-order valence-electron chi connectivity index (χ3n) is 8.47. The van der Waals surface area contributed by atoms with E-state index < -0.39 is 11.7 Å². The number of ether oxygens (including phenoxy) is 1. The number of ketones is 1. The first-order valence-electron chi connectivity index (χ1n) is 16.2. The molecule has 46 heavy (non-hydrogen) atoms. The number of carbonyl (C=O) groups is 3. The molecule has 3 amide bonds. The number of rotatable bonds is 9. The van der Waals surface area contributed by atoms with Crippen molar-refractivity contribution in [3.05, 3.63) is 74.4 Å². The van der Waals surface area contributed by atoms with Crippen LogP contribution in [-0.2, 0) is 17.8 Å². The number of alkyl carbamates (subject to hydrolysis) is 1. The number of anilines is 1. The van der Waals surface area contributed by atoms with E-state index in [4.69, 9.17) is 4.74 Å². The molecule has 1 saturated carbocycles. The lowest BCUT2D eigenvalue weighted by molar-refractivity contribution is 0.0523. The van der Waals surface area contributed by atoms with Crippen molar-refractivity contribution in [2.75, 3.05) is 18.4 Å². The summed E-state index contributed by atoms with van der Waals surface area (Å²) in [6.07, 6.45) is 3.49. The van der Waals surface area contributed by atoms with E-state index in [2.05, 4.69) is 10.6 Å². The van der Waals surface area contributed by atoms with Crippen molar-refractivity contribution in [1.82, 2.24) is 19.4 Å². The van der Waals surface area contributed by atoms with Crippen LogP contribution < -0.4 is 21.9 Å². The normalized spacial score (nSPS) is 16.8. The first-order valence-corrected chi connectivity index (χ1v) is 16.2. The van der Waals surface area contributed by atoms with Crippen molar-refractivity contribution in [1.29, 1.82) is 0 Å². The van der Waals surface area contributed by atoms with Crippen molar-refractivity contribution in [2.24, 2.45) is 11.8 Å². The molecule has 1 saturated heterocycles. The molecule has 1 aromatic heterocycles. The molecule has 2 aliphatic rings. The zero-order valence-electron chi connectivity index (χ0n) is 27.4. The summed E-state index contributed by atoms with van der Waals surface area (Å²) in [5, 5.41) is 6.06. The molecule has 1 unspecified atom stereocenters. The number of likely N-dealkylation sites (tertiary alicyclic amines) is 1. The standard InChI is InChI=1S/C35H45N5O6/c1-22(2)40-29-15-14-27(18-28(29)31(42)39(34(40)45)21-24-8-9-24)37-32(43)38-16-6-7-25(20-38)17-30(41)26-12-10-23(11-13-26)19-36-33(44)46-35(3,4)5/h10-15,18,22,24-25H,6-9,16-17,19-21H2,1-5H3,(H,36,44)(H,37,43). The predicted octanol–water partition coefficient (Wildman–Crippen LogP) is 5.70. The highest BCUT2D eigenvalue weighted by Crippen LogP contribution is 2.30. The van der Waals surface area contributed by atoms with E-state index in [1.165, 1.54) is 4.57 Å². The lowest BCUT2D eigenvalue weighted by Crippen LogP contribution is -2.43. The quantitative estimate of drug-likeness (QED) is 0.292. The van der Waals surface area contributed by atoms with E-state index in [9.17, 15) is 24.0 Å². The molecule has 1 atom stereocenters. The van der Waals surface area contributed by atoms with Crippen molar-refractivity contribution in [2.45, 2.75) is 91.5 Å². The number of aromatic nitrogens is 2. The molecule has 0 bridgehead atoms.